The van der Waals surface area contributed by atoms with Crippen LogP contribution in [0.15, 0.2) is 42.6 Å². The zero-order valence-electron chi connectivity index (χ0n) is 11.9. The second-order valence-electron chi connectivity index (χ2n) is 5.41. The Morgan fingerprint density at radius 1 is 1.19 bits per heavy atom. The third-order valence-corrected chi connectivity index (χ3v) is 3.80. The van der Waals surface area contributed by atoms with Crippen molar-refractivity contribution in [1.29, 1.82) is 0 Å². The van der Waals surface area contributed by atoms with Gasteiger partial charge in [-0.3, -0.25) is 9.78 Å². The topological polar surface area (TPSA) is 68.0 Å². The molecule has 0 spiro atoms. The Kier molecular flexibility index (Phi) is 3.97. The Labute approximate surface area is 124 Å². The summed E-state index contributed by atoms with van der Waals surface area (Å²) in [6, 6.07) is 11.6. The smallest absolute Gasteiger partial charge is 0.270 e. The predicted octanol–water partition coefficient (Wildman–Crippen LogP) is 2.35. The van der Waals surface area contributed by atoms with Gasteiger partial charge in [0.05, 0.1) is 0 Å². The molecule has 0 bridgehead atoms. The van der Waals surface area contributed by atoms with E-state index in [0.29, 0.717) is 18.2 Å². The van der Waals surface area contributed by atoms with Gasteiger partial charge in [-0.25, -0.2) is 0 Å². The fourth-order valence-electron chi connectivity index (χ4n) is 2.41. The minimum atomic E-state index is -0.107. The van der Waals surface area contributed by atoms with Crippen LogP contribution in [0.25, 0.3) is 11.1 Å². The van der Waals surface area contributed by atoms with Gasteiger partial charge in [0.1, 0.15) is 5.69 Å². The molecule has 0 radical (unpaired) electrons. The molecular weight excluding hydrogens is 262 g/mol. The van der Waals surface area contributed by atoms with Crippen molar-refractivity contribution >= 4 is 5.91 Å². The number of nitrogens with zero attached hydrogens (tertiary/aromatic N) is 1. The van der Waals surface area contributed by atoms with E-state index in [0.717, 1.165) is 23.2 Å². The maximum atomic E-state index is 12.4. The van der Waals surface area contributed by atoms with Crippen LogP contribution < -0.4 is 11.1 Å². The Balaban J connectivity index is 1.92. The van der Waals surface area contributed by atoms with Crippen LogP contribution in [-0.4, -0.2) is 17.4 Å². The first kappa shape index (κ1) is 13.8. The van der Waals surface area contributed by atoms with Crippen LogP contribution in [0.3, 0.4) is 0 Å². The summed E-state index contributed by atoms with van der Waals surface area (Å²) in [7, 11) is 0. The number of amides is 1. The maximum absolute atomic E-state index is 12.4. The molecule has 3 rings (SSSR count). The zero-order chi connectivity index (χ0) is 14.7. The minimum absolute atomic E-state index is 0.107. The quantitative estimate of drug-likeness (QED) is 0.884. The number of pyridine rings is 1. The summed E-state index contributed by atoms with van der Waals surface area (Å²) in [6.07, 6.45) is 4.08. The molecule has 1 amide bonds. The van der Waals surface area contributed by atoms with Crippen molar-refractivity contribution in [2.75, 3.05) is 6.54 Å². The largest absolute Gasteiger partial charge is 0.350 e. The van der Waals surface area contributed by atoms with Gasteiger partial charge in [-0.05, 0) is 36.0 Å². The second kappa shape index (κ2) is 6.06. The molecular formula is C17H19N3O. The van der Waals surface area contributed by atoms with Crippen LogP contribution in [0.4, 0.5) is 0 Å². The van der Waals surface area contributed by atoms with E-state index in [2.05, 4.69) is 10.3 Å². The standard InChI is InChI=1S/C17H19N3O/c18-10-13-4-1-2-5-14(13)15-6-3-9-19-16(15)17(21)20-11-12-7-8-12/h1-6,9,12H,7-8,10-11,18H2,(H,20,21). The second-order valence-corrected chi connectivity index (χ2v) is 5.41. The molecule has 0 saturated heterocycles. The first-order valence-corrected chi connectivity index (χ1v) is 7.31. The Morgan fingerprint density at radius 3 is 2.71 bits per heavy atom. The van der Waals surface area contributed by atoms with Gasteiger partial charge >= 0.3 is 0 Å². The fraction of sp³-hybridized carbons (Fsp3) is 0.294. The summed E-state index contributed by atoms with van der Waals surface area (Å²) in [4.78, 5) is 16.6. The van der Waals surface area contributed by atoms with E-state index in [1.165, 1.54) is 12.8 Å². The lowest BCUT2D eigenvalue weighted by Crippen LogP contribution is -2.27. The van der Waals surface area contributed by atoms with Crippen molar-refractivity contribution in [2.45, 2.75) is 19.4 Å². The molecule has 1 aliphatic carbocycles. The Morgan fingerprint density at radius 2 is 1.95 bits per heavy atom. The van der Waals surface area contributed by atoms with E-state index in [1.54, 1.807) is 6.20 Å². The van der Waals surface area contributed by atoms with Crippen LogP contribution in [-0.2, 0) is 6.54 Å². The van der Waals surface area contributed by atoms with E-state index in [1.807, 2.05) is 36.4 Å². The molecule has 1 heterocycles. The highest BCUT2D eigenvalue weighted by Crippen LogP contribution is 2.28. The van der Waals surface area contributed by atoms with Crippen LogP contribution >= 0.6 is 0 Å². The lowest BCUT2D eigenvalue weighted by Gasteiger charge is -2.12. The molecule has 21 heavy (non-hydrogen) atoms. The van der Waals surface area contributed by atoms with Crippen molar-refractivity contribution in [3.05, 3.63) is 53.9 Å². The van der Waals surface area contributed by atoms with Crippen LogP contribution in [0.1, 0.15) is 28.9 Å². The summed E-state index contributed by atoms with van der Waals surface area (Å²) < 4.78 is 0. The lowest BCUT2D eigenvalue weighted by molar-refractivity contribution is 0.0947. The monoisotopic (exact) mass is 281 g/mol. The highest BCUT2D eigenvalue weighted by molar-refractivity contribution is 5.99. The molecule has 0 unspecified atom stereocenters. The molecule has 4 heteroatoms. The Bertz CT molecular complexity index is 650. The number of rotatable bonds is 5. The van der Waals surface area contributed by atoms with Gasteiger partial charge in [-0.1, -0.05) is 30.3 Å². The van der Waals surface area contributed by atoms with Gasteiger partial charge in [0.2, 0.25) is 0 Å². The summed E-state index contributed by atoms with van der Waals surface area (Å²) in [5, 5.41) is 2.98. The molecule has 1 aliphatic rings. The molecule has 0 atom stereocenters. The average Bonchev–Trinajstić information content (AvgIpc) is 3.37. The van der Waals surface area contributed by atoms with E-state index >= 15 is 0 Å². The molecule has 1 fully saturated rings. The lowest BCUT2D eigenvalue weighted by atomic mass is 9.98. The number of hydrogen-bond donors (Lipinski definition) is 2. The van der Waals surface area contributed by atoms with E-state index in [4.69, 9.17) is 5.73 Å². The third kappa shape index (κ3) is 3.11. The highest BCUT2D eigenvalue weighted by atomic mass is 16.1. The van der Waals surface area contributed by atoms with Crippen LogP contribution in [0.5, 0.6) is 0 Å². The van der Waals surface area contributed by atoms with Crippen LogP contribution in [0.2, 0.25) is 0 Å². The fourth-order valence-corrected chi connectivity index (χ4v) is 2.41. The number of nitrogens with two attached hydrogens (primary N) is 1. The summed E-state index contributed by atoms with van der Waals surface area (Å²) in [5.74, 6) is 0.543. The molecule has 108 valence electrons. The van der Waals surface area contributed by atoms with Crippen molar-refractivity contribution in [3.8, 4) is 11.1 Å². The average molecular weight is 281 g/mol. The van der Waals surface area contributed by atoms with Crippen molar-refractivity contribution in [2.24, 2.45) is 11.7 Å². The summed E-state index contributed by atoms with van der Waals surface area (Å²) >= 11 is 0. The molecule has 2 aromatic rings. The van der Waals surface area contributed by atoms with Gasteiger partial charge in [0.25, 0.3) is 5.91 Å². The molecule has 1 aromatic heterocycles. The van der Waals surface area contributed by atoms with Crippen molar-refractivity contribution in [1.82, 2.24) is 10.3 Å². The summed E-state index contributed by atoms with van der Waals surface area (Å²) in [6.45, 7) is 1.18. The number of benzene rings is 1. The number of hydrogen-bond acceptors (Lipinski definition) is 3. The maximum Gasteiger partial charge on any atom is 0.270 e. The third-order valence-electron chi connectivity index (χ3n) is 3.80. The predicted molar refractivity (Wildman–Crippen MR) is 82.6 cm³/mol. The molecule has 1 saturated carbocycles. The normalized spacial score (nSPS) is 14.0. The van der Waals surface area contributed by atoms with Crippen LogP contribution in [0, 0.1) is 5.92 Å². The van der Waals surface area contributed by atoms with Gasteiger partial charge in [0.15, 0.2) is 0 Å². The van der Waals surface area contributed by atoms with E-state index in [9.17, 15) is 4.79 Å². The Hall–Kier alpha value is -2.20. The molecule has 3 N–H and O–H groups in total. The van der Waals surface area contributed by atoms with Crippen molar-refractivity contribution < 1.29 is 4.79 Å². The number of carbonyl (C=O) groups excluding carboxylic acids is 1. The number of nitrogens with one attached hydrogen (secondary N) is 1. The van der Waals surface area contributed by atoms with E-state index in [-0.39, 0.29) is 5.91 Å². The van der Waals surface area contributed by atoms with Gasteiger partial charge in [-0.15, -0.1) is 0 Å². The molecule has 1 aromatic carbocycles. The number of aromatic nitrogens is 1. The first-order chi connectivity index (χ1) is 10.3. The highest BCUT2D eigenvalue weighted by Gasteiger charge is 2.23. The van der Waals surface area contributed by atoms with Gasteiger partial charge < -0.3 is 11.1 Å². The molecule has 0 aliphatic heterocycles. The van der Waals surface area contributed by atoms with E-state index < -0.39 is 0 Å². The first-order valence-electron chi connectivity index (χ1n) is 7.31. The van der Waals surface area contributed by atoms with Crippen molar-refractivity contribution in [3.63, 3.8) is 0 Å². The zero-order valence-corrected chi connectivity index (χ0v) is 11.9. The van der Waals surface area contributed by atoms with Gasteiger partial charge in [0, 0.05) is 24.8 Å². The SMILES string of the molecule is NCc1ccccc1-c1cccnc1C(=O)NCC1CC1. The minimum Gasteiger partial charge on any atom is -0.350 e. The number of carbonyl (C=O) groups is 1. The summed E-state index contributed by atoms with van der Waals surface area (Å²) in [5.41, 5.74) is 9.10. The van der Waals surface area contributed by atoms with Gasteiger partial charge in [-0.2, -0.15) is 0 Å². The molecule has 4 nitrogen and oxygen atoms in total.